The fourth-order valence-electron chi connectivity index (χ4n) is 3.27. The fraction of sp³-hybridized carbons (Fsp3) is 0.800. The Kier molecular flexibility index (Phi) is 5.20. The van der Waals surface area contributed by atoms with E-state index in [0.717, 1.165) is 12.8 Å². The third kappa shape index (κ3) is 3.95. The maximum Gasteiger partial charge on any atom is 0.303 e. The smallest absolute Gasteiger partial charge is 0.303 e. The molecular formula is C15H24N2O4. The highest BCUT2D eigenvalue weighted by molar-refractivity contribution is 5.89. The SMILES string of the molecule is CCN1CC(C(=O)N2CCC(CCC(=O)O)CC2)CC1=O. The fourth-order valence-corrected chi connectivity index (χ4v) is 3.27. The molecule has 2 aliphatic heterocycles. The molecule has 1 N–H and O–H groups in total. The second kappa shape index (κ2) is 6.91. The van der Waals surface area contributed by atoms with Crippen LogP contribution < -0.4 is 0 Å². The summed E-state index contributed by atoms with van der Waals surface area (Å²) in [5.74, 6) is -0.365. The zero-order valence-corrected chi connectivity index (χ0v) is 12.6. The average molecular weight is 296 g/mol. The van der Waals surface area contributed by atoms with Crippen LogP contribution in [0.2, 0.25) is 0 Å². The lowest BCUT2D eigenvalue weighted by molar-refractivity contribution is -0.139. The molecule has 2 saturated heterocycles. The van der Waals surface area contributed by atoms with Crippen LogP contribution in [0.25, 0.3) is 0 Å². The first kappa shape index (κ1) is 15.8. The number of hydrogen-bond donors (Lipinski definition) is 1. The maximum absolute atomic E-state index is 12.4. The summed E-state index contributed by atoms with van der Waals surface area (Å²) in [7, 11) is 0. The molecule has 2 heterocycles. The molecule has 118 valence electrons. The minimum Gasteiger partial charge on any atom is -0.481 e. The minimum absolute atomic E-state index is 0.0761. The maximum atomic E-state index is 12.4. The van der Waals surface area contributed by atoms with E-state index in [-0.39, 0.29) is 24.2 Å². The number of likely N-dealkylation sites (tertiary alicyclic amines) is 2. The summed E-state index contributed by atoms with van der Waals surface area (Å²) in [6, 6.07) is 0. The molecule has 6 nitrogen and oxygen atoms in total. The number of carbonyl (C=O) groups excluding carboxylic acids is 2. The third-order valence-corrected chi connectivity index (χ3v) is 4.64. The van der Waals surface area contributed by atoms with Gasteiger partial charge in [0.25, 0.3) is 0 Å². The van der Waals surface area contributed by atoms with Crippen LogP contribution in [0.4, 0.5) is 0 Å². The van der Waals surface area contributed by atoms with Crippen molar-refractivity contribution in [3.63, 3.8) is 0 Å². The van der Waals surface area contributed by atoms with E-state index in [9.17, 15) is 14.4 Å². The van der Waals surface area contributed by atoms with E-state index < -0.39 is 5.97 Å². The Bertz CT molecular complexity index is 416. The Morgan fingerprint density at radius 2 is 1.95 bits per heavy atom. The monoisotopic (exact) mass is 296 g/mol. The summed E-state index contributed by atoms with van der Waals surface area (Å²) >= 11 is 0. The van der Waals surface area contributed by atoms with Crippen molar-refractivity contribution >= 4 is 17.8 Å². The van der Waals surface area contributed by atoms with Gasteiger partial charge >= 0.3 is 5.97 Å². The standard InChI is InChI=1S/C15H24N2O4/c1-2-16-10-12(9-13(16)18)15(21)17-7-5-11(6-8-17)3-4-14(19)20/h11-12H,2-10H2,1H3,(H,19,20). The number of carbonyl (C=O) groups is 3. The molecule has 2 aliphatic rings. The average Bonchev–Trinajstić information content (AvgIpc) is 2.86. The highest BCUT2D eigenvalue weighted by Gasteiger charge is 2.36. The summed E-state index contributed by atoms with van der Waals surface area (Å²) in [6.45, 7) is 4.53. The van der Waals surface area contributed by atoms with Gasteiger partial charge in [-0.2, -0.15) is 0 Å². The molecule has 1 atom stereocenters. The minimum atomic E-state index is -0.752. The van der Waals surface area contributed by atoms with Gasteiger partial charge in [-0.15, -0.1) is 0 Å². The molecule has 1 unspecified atom stereocenters. The Morgan fingerprint density at radius 1 is 1.29 bits per heavy atom. The van der Waals surface area contributed by atoms with Crippen LogP contribution >= 0.6 is 0 Å². The summed E-state index contributed by atoms with van der Waals surface area (Å²) in [6.07, 6.45) is 2.99. The molecule has 2 amide bonds. The predicted octanol–water partition coefficient (Wildman–Crippen LogP) is 0.958. The number of hydrogen-bond acceptors (Lipinski definition) is 3. The largest absolute Gasteiger partial charge is 0.481 e. The summed E-state index contributed by atoms with van der Waals surface area (Å²) < 4.78 is 0. The number of aliphatic carboxylic acids is 1. The first-order valence-corrected chi connectivity index (χ1v) is 7.79. The number of piperidine rings is 1. The van der Waals surface area contributed by atoms with Crippen LogP contribution in [0.1, 0.15) is 39.0 Å². The zero-order valence-electron chi connectivity index (χ0n) is 12.6. The van der Waals surface area contributed by atoms with Gasteiger partial charge in [0.2, 0.25) is 11.8 Å². The molecular weight excluding hydrogens is 272 g/mol. The van der Waals surface area contributed by atoms with Crippen molar-refractivity contribution in [1.29, 1.82) is 0 Å². The Hall–Kier alpha value is -1.59. The van der Waals surface area contributed by atoms with E-state index in [1.54, 1.807) is 4.90 Å². The lowest BCUT2D eigenvalue weighted by atomic mass is 9.91. The third-order valence-electron chi connectivity index (χ3n) is 4.64. The molecule has 0 spiro atoms. The van der Waals surface area contributed by atoms with Gasteiger partial charge in [0.15, 0.2) is 0 Å². The number of nitrogens with zero attached hydrogens (tertiary/aromatic N) is 2. The van der Waals surface area contributed by atoms with E-state index in [2.05, 4.69) is 0 Å². The molecule has 2 fully saturated rings. The van der Waals surface area contributed by atoms with Crippen LogP contribution in [-0.2, 0) is 14.4 Å². The second-order valence-corrected chi connectivity index (χ2v) is 6.03. The number of amides is 2. The molecule has 0 aromatic rings. The Morgan fingerprint density at radius 3 is 2.48 bits per heavy atom. The van der Waals surface area contributed by atoms with Crippen molar-refractivity contribution in [1.82, 2.24) is 9.80 Å². The molecule has 0 radical (unpaired) electrons. The van der Waals surface area contributed by atoms with E-state index in [0.29, 0.717) is 44.9 Å². The Balaban J connectivity index is 1.78. The topological polar surface area (TPSA) is 77.9 Å². The summed E-state index contributed by atoms with van der Waals surface area (Å²) in [5, 5.41) is 8.70. The van der Waals surface area contributed by atoms with Crippen LogP contribution in [0, 0.1) is 11.8 Å². The van der Waals surface area contributed by atoms with Gasteiger partial charge in [-0.3, -0.25) is 14.4 Å². The van der Waals surface area contributed by atoms with Gasteiger partial charge in [-0.25, -0.2) is 0 Å². The first-order chi connectivity index (χ1) is 10.0. The van der Waals surface area contributed by atoms with Crippen LogP contribution in [0.5, 0.6) is 0 Å². The van der Waals surface area contributed by atoms with Crippen molar-refractivity contribution in [2.75, 3.05) is 26.2 Å². The van der Waals surface area contributed by atoms with Crippen LogP contribution in [0.15, 0.2) is 0 Å². The molecule has 21 heavy (non-hydrogen) atoms. The van der Waals surface area contributed by atoms with Gasteiger partial charge in [0.05, 0.1) is 5.92 Å². The molecule has 0 aromatic carbocycles. The quantitative estimate of drug-likeness (QED) is 0.819. The number of rotatable bonds is 5. The molecule has 6 heteroatoms. The van der Waals surface area contributed by atoms with Crippen LogP contribution in [0.3, 0.4) is 0 Å². The van der Waals surface area contributed by atoms with Gasteiger partial charge in [0, 0.05) is 39.0 Å². The number of carboxylic acids is 1. The normalized spacial score (nSPS) is 23.7. The van der Waals surface area contributed by atoms with Crippen molar-refractivity contribution in [2.45, 2.75) is 39.0 Å². The van der Waals surface area contributed by atoms with Crippen LogP contribution in [-0.4, -0.2) is 58.9 Å². The van der Waals surface area contributed by atoms with Gasteiger partial charge in [-0.05, 0) is 32.1 Å². The molecule has 0 aromatic heterocycles. The lowest BCUT2D eigenvalue weighted by Gasteiger charge is -2.33. The molecule has 0 aliphatic carbocycles. The van der Waals surface area contributed by atoms with Crippen molar-refractivity contribution < 1.29 is 19.5 Å². The second-order valence-electron chi connectivity index (χ2n) is 6.03. The summed E-state index contributed by atoms with van der Waals surface area (Å²) in [4.78, 5) is 38.3. The Labute approximate surface area is 125 Å². The summed E-state index contributed by atoms with van der Waals surface area (Å²) in [5.41, 5.74) is 0. The predicted molar refractivity (Wildman–Crippen MR) is 76.5 cm³/mol. The molecule has 0 saturated carbocycles. The zero-order chi connectivity index (χ0) is 15.4. The van der Waals surface area contributed by atoms with Gasteiger partial charge in [-0.1, -0.05) is 0 Å². The molecule has 2 rings (SSSR count). The lowest BCUT2D eigenvalue weighted by Crippen LogP contribution is -2.42. The van der Waals surface area contributed by atoms with E-state index in [4.69, 9.17) is 5.11 Å². The van der Waals surface area contributed by atoms with Crippen molar-refractivity contribution in [3.05, 3.63) is 0 Å². The van der Waals surface area contributed by atoms with E-state index in [1.807, 2.05) is 11.8 Å². The first-order valence-electron chi connectivity index (χ1n) is 7.79. The van der Waals surface area contributed by atoms with E-state index in [1.165, 1.54) is 0 Å². The number of carboxylic acid groups (broad SMARTS) is 1. The van der Waals surface area contributed by atoms with Gasteiger partial charge < -0.3 is 14.9 Å². The highest BCUT2D eigenvalue weighted by Crippen LogP contribution is 2.25. The van der Waals surface area contributed by atoms with E-state index >= 15 is 0 Å². The molecule has 0 bridgehead atoms. The van der Waals surface area contributed by atoms with Gasteiger partial charge in [0.1, 0.15) is 0 Å². The highest BCUT2D eigenvalue weighted by atomic mass is 16.4. The van der Waals surface area contributed by atoms with Crippen molar-refractivity contribution in [3.8, 4) is 0 Å². The van der Waals surface area contributed by atoms with Crippen molar-refractivity contribution in [2.24, 2.45) is 11.8 Å².